The SMILES string of the molecule is COc1cccc2c(-c3ccccc3)c(C(=O)NN=Cc3cc(Br)cc(Br)c3OC(=O)c3ccc4c(c3)OCO4)[nH]c12. The molecule has 4 aromatic carbocycles. The van der Waals surface area contributed by atoms with E-state index in [2.05, 4.69) is 47.4 Å². The lowest BCUT2D eigenvalue weighted by atomic mass is 10.0. The highest BCUT2D eigenvalue weighted by molar-refractivity contribution is 9.11. The van der Waals surface area contributed by atoms with Gasteiger partial charge in [-0.05, 0) is 57.9 Å². The van der Waals surface area contributed by atoms with Gasteiger partial charge in [0.15, 0.2) is 17.2 Å². The normalized spacial score (nSPS) is 12.1. The molecule has 0 saturated heterocycles. The van der Waals surface area contributed by atoms with Crippen molar-refractivity contribution in [3.05, 3.63) is 105 Å². The molecule has 1 amide bonds. The molecule has 2 heterocycles. The number of hydrazone groups is 1. The highest BCUT2D eigenvalue weighted by atomic mass is 79.9. The molecule has 0 saturated carbocycles. The van der Waals surface area contributed by atoms with E-state index in [-0.39, 0.29) is 18.1 Å². The summed E-state index contributed by atoms with van der Waals surface area (Å²) in [4.78, 5) is 29.7. The molecule has 2 N–H and O–H groups in total. The molecule has 1 aliphatic rings. The third-order valence-electron chi connectivity index (χ3n) is 6.51. The second-order valence-electron chi connectivity index (χ2n) is 9.09. The van der Waals surface area contributed by atoms with E-state index in [1.165, 1.54) is 6.21 Å². The number of nitrogens with one attached hydrogen (secondary N) is 2. The monoisotopic (exact) mass is 689 g/mol. The number of hydrogen-bond acceptors (Lipinski definition) is 7. The number of carbonyl (C=O) groups is 2. The van der Waals surface area contributed by atoms with Crippen LogP contribution in [0.3, 0.4) is 0 Å². The average Bonchev–Trinajstić information content (AvgIpc) is 3.63. The number of esters is 1. The number of ether oxygens (including phenoxy) is 4. The second kappa shape index (κ2) is 11.7. The van der Waals surface area contributed by atoms with Crippen LogP contribution >= 0.6 is 31.9 Å². The third kappa shape index (κ3) is 5.36. The number of aromatic amines is 1. The van der Waals surface area contributed by atoms with Gasteiger partial charge in [0.25, 0.3) is 5.91 Å². The summed E-state index contributed by atoms with van der Waals surface area (Å²) < 4.78 is 23.1. The Morgan fingerprint density at radius 2 is 1.79 bits per heavy atom. The lowest BCUT2D eigenvalue weighted by Crippen LogP contribution is -2.19. The Labute approximate surface area is 256 Å². The quantitative estimate of drug-likeness (QED) is 0.0817. The summed E-state index contributed by atoms with van der Waals surface area (Å²) in [6, 6.07) is 23.5. The molecule has 1 aliphatic heterocycles. The van der Waals surface area contributed by atoms with E-state index in [0.717, 1.165) is 16.5 Å². The van der Waals surface area contributed by atoms with Crippen molar-refractivity contribution in [2.75, 3.05) is 13.9 Å². The number of fused-ring (bicyclic) bond motifs is 2. The van der Waals surface area contributed by atoms with Crippen molar-refractivity contribution in [2.45, 2.75) is 0 Å². The highest BCUT2D eigenvalue weighted by Crippen LogP contribution is 2.37. The zero-order valence-electron chi connectivity index (χ0n) is 21.9. The lowest BCUT2D eigenvalue weighted by Gasteiger charge is -2.11. The molecule has 0 aliphatic carbocycles. The average molecular weight is 691 g/mol. The van der Waals surface area contributed by atoms with E-state index < -0.39 is 11.9 Å². The molecule has 9 nitrogen and oxygen atoms in total. The third-order valence-corrected chi connectivity index (χ3v) is 7.56. The van der Waals surface area contributed by atoms with Gasteiger partial charge >= 0.3 is 5.97 Å². The summed E-state index contributed by atoms with van der Waals surface area (Å²) in [6.45, 7) is 0.0946. The molecule has 0 spiro atoms. The first-order valence-corrected chi connectivity index (χ1v) is 14.2. The van der Waals surface area contributed by atoms with Crippen LogP contribution in [0.1, 0.15) is 26.4 Å². The number of benzene rings is 4. The van der Waals surface area contributed by atoms with Gasteiger partial charge in [0.2, 0.25) is 6.79 Å². The Bertz CT molecular complexity index is 1870. The van der Waals surface area contributed by atoms with E-state index >= 15 is 0 Å². The second-order valence-corrected chi connectivity index (χ2v) is 10.9. The van der Waals surface area contributed by atoms with Crippen LogP contribution in [0.15, 0.2) is 92.9 Å². The summed E-state index contributed by atoms with van der Waals surface area (Å²) in [5.74, 6) is 0.794. The van der Waals surface area contributed by atoms with Crippen molar-refractivity contribution in [2.24, 2.45) is 5.10 Å². The number of methoxy groups -OCH3 is 1. The van der Waals surface area contributed by atoms with E-state index in [9.17, 15) is 9.59 Å². The van der Waals surface area contributed by atoms with Crippen LogP contribution in [0, 0.1) is 0 Å². The first-order valence-electron chi connectivity index (χ1n) is 12.6. The summed E-state index contributed by atoms with van der Waals surface area (Å²) in [7, 11) is 1.58. The first kappa shape index (κ1) is 27.6. The first-order chi connectivity index (χ1) is 20.4. The number of amides is 1. The minimum Gasteiger partial charge on any atom is -0.495 e. The molecule has 42 heavy (non-hydrogen) atoms. The molecular weight excluding hydrogens is 670 g/mol. The fourth-order valence-corrected chi connectivity index (χ4v) is 5.95. The number of H-pyrrole nitrogens is 1. The summed E-state index contributed by atoms with van der Waals surface area (Å²) >= 11 is 6.91. The fourth-order valence-electron chi connectivity index (χ4n) is 4.61. The molecule has 210 valence electrons. The van der Waals surface area contributed by atoms with Gasteiger partial charge in [0, 0.05) is 21.0 Å². The van der Waals surface area contributed by atoms with Gasteiger partial charge in [-0.1, -0.05) is 58.4 Å². The smallest absolute Gasteiger partial charge is 0.343 e. The molecule has 0 bridgehead atoms. The van der Waals surface area contributed by atoms with Gasteiger partial charge < -0.3 is 23.9 Å². The predicted molar refractivity (Wildman–Crippen MR) is 165 cm³/mol. The predicted octanol–water partition coefficient (Wildman–Crippen LogP) is 7.08. The molecular formula is C31H21Br2N3O6. The molecule has 6 rings (SSSR count). The van der Waals surface area contributed by atoms with Crippen molar-refractivity contribution >= 4 is 60.9 Å². The molecule has 0 radical (unpaired) electrons. The lowest BCUT2D eigenvalue weighted by molar-refractivity contribution is 0.0732. The Morgan fingerprint density at radius 3 is 2.60 bits per heavy atom. The van der Waals surface area contributed by atoms with Crippen molar-refractivity contribution in [1.29, 1.82) is 0 Å². The van der Waals surface area contributed by atoms with Gasteiger partial charge in [-0.15, -0.1) is 0 Å². The van der Waals surface area contributed by atoms with Crippen LogP contribution in [0.4, 0.5) is 0 Å². The standard InChI is InChI=1S/C31H21Br2N3O6/c1-39-24-9-5-8-21-26(17-6-3-2-4-7-17)28(35-27(21)24)30(37)36-34-15-19-12-20(32)14-22(33)29(19)42-31(38)18-10-11-23-25(13-18)41-16-40-23/h2-15,35H,16H2,1H3,(H,36,37). The largest absolute Gasteiger partial charge is 0.495 e. The number of nitrogens with zero attached hydrogens (tertiary/aromatic N) is 1. The van der Waals surface area contributed by atoms with Crippen LogP contribution in [-0.2, 0) is 0 Å². The number of carbonyl (C=O) groups excluding carboxylic acids is 2. The van der Waals surface area contributed by atoms with Crippen molar-refractivity contribution in [3.8, 4) is 34.1 Å². The molecule has 0 atom stereocenters. The minimum absolute atomic E-state index is 0.0946. The van der Waals surface area contributed by atoms with Gasteiger partial charge in [0.05, 0.1) is 28.9 Å². The van der Waals surface area contributed by atoms with Crippen molar-refractivity contribution in [1.82, 2.24) is 10.4 Å². The summed E-state index contributed by atoms with van der Waals surface area (Å²) in [6.07, 6.45) is 1.40. The van der Waals surface area contributed by atoms with Crippen LogP contribution in [0.2, 0.25) is 0 Å². The zero-order chi connectivity index (χ0) is 29.2. The Morgan fingerprint density at radius 1 is 0.976 bits per heavy atom. The number of aromatic nitrogens is 1. The van der Waals surface area contributed by atoms with Crippen LogP contribution in [0.5, 0.6) is 23.0 Å². The van der Waals surface area contributed by atoms with Gasteiger partial charge in [-0.3, -0.25) is 4.79 Å². The van der Waals surface area contributed by atoms with Crippen LogP contribution < -0.4 is 24.4 Å². The van der Waals surface area contributed by atoms with Crippen molar-refractivity contribution < 1.29 is 28.5 Å². The highest BCUT2D eigenvalue weighted by Gasteiger charge is 2.22. The van der Waals surface area contributed by atoms with Gasteiger partial charge in [-0.25, -0.2) is 10.2 Å². The fraction of sp³-hybridized carbons (Fsp3) is 0.0645. The minimum atomic E-state index is -0.602. The van der Waals surface area contributed by atoms with Gasteiger partial charge in [0.1, 0.15) is 11.4 Å². The number of halogens is 2. The Hall–Kier alpha value is -4.61. The molecule has 0 unspecified atom stereocenters. The topological polar surface area (TPSA) is 111 Å². The molecule has 0 fully saturated rings. The van der Waals surface area contributed by atoms with Crippen LogP contribution in [-0.4, -0.2) is 37.0 Å². The van der Waals surface area contributed by atoms with E-state index in [1.54, 1.807) is 37.4 Å². The maximum atomic E-state index is 13.4. The van der Waals surface area contributed by atoms with E-state index in [0.29, 0.717) is 43.0 Å². The Kier molecular flexibility index (Phi) is 7.68. The number of hydrogen-bond donors (Lipinski definition) is 2. The maximum Gasteiger partial charge on any atom is 0.343 e. The Balaban J connectivity index is 1.29. The zero-order valence-corrected chi connectivity index (χ0v) is 25.1. The van der Waals surface area contributed by atoms with E-state index in [1.807, 2.05) is 48.5 Å². The summed E-state index contributed by atoms with van der Waals surface area (Å²) in [5.41, 5.74) is 5.92. The summed E-state index contributed by atoms with van der Waals surface area (Å²) in [5, 5.41) is 5.03. The van der Waals surface area contributed by atoms with Crippen molar-refractivity contribution in [3.63, 3.8) is 0 Å². The van der Waals surface area contributed by atoms with E-state index in [4.69, 9.17) is 18.9 Å². The maximum absolute atomic E-state index is 13.4. The van der Waals surface area contributed by atoms with Gasteiger partial charge in [-0.2, -0.15) is 5.10 Å². The van der Waals surface area contributed by atoms with Crippen LogP contribution in [0.25, 0.3) is 22.0 Å². The molecule has 5 aromatic rings. The number of rotatable bonds is 7. The number of para-hydroxylation sites is 1. The molecule has 1 aromatic heterocycles. The molecule has 11 heteroatoms.